The molecule has 3 heterocycles. The van der Waals surface area contributed by atoms with Crippen LogP contribution >= 0.6 is 0 Å². The number of ketones is 1. The highest BCUT2D eigenvalue weighted by molar-refractivity contribution is 6.37. The minimum atomic E-state index is -1.14. The van der Waals surface area contributed by atoms with E-state index >= 15 is 0 Å². The Hall–Kier alpha value is -4.62. The van der Waals surface area contributed by atoms with Crippen LogP contribution in [-0.4, -0.2) is 93.4 Å². The first kappa shape index (κ1) is 37.2. The summed E-state index contributed by atoms with van der Waals surface area (Å²) < 4.78 is 0. The van der Waals surface area contributed by atoms with Gasteiger partial charge in [-0.1, -0.05) is 66.9 Å². The van der Waals surface area contributed by atoms with Crippen molar-refractivity contribution in [2.75, 3.05) is 13.1 Å². The van der Waals surface area contributed by atoms with Crippen molar-refractivity contribution >= 4 is 41.4 Å². The summed E-state index contributed by atoms with van der Waals surface area (Å²) in [6, 6.07) is -3.16. The fourth-order valence-electron chi connectivity index (χ4n) is 6.53. The zero-order chi connectivity index (χ0) is 36.4. The molecule has 1 aromatic heterocycles. The van der Waals surface area contributed by atoms with Gasteiger partial charge in [-0.3, -0.25) is 38.7 Å². The van der Waals surface area contributed by atoms with E-state index in [4.69, 9.17) is 5.73 Å². The number of nitrogens with zero attached hydrogens (tertiary/aromatic N) is 3. The number of aromatic nitrogens is 1. The van der Waals surface area contributed by atoms with E-state index in [1.54, 1.807) is 26.8 Å². The summed E-state index contributed by atoms with van der Waals surface area (Å²) in [5, 5.41) is 8.37. The molecule has 2 fully saturated rings. The third kappa shape index (κ3) is 8.16. The lowest BCUT2D eigenvalue weighted by atomic mass is 9.80. The number of Topliss-reactive ketones (excluding diaryl/α,β-unsaturated/α-hetero) is 1. The van der Waals surface area contributed by atoms with Gasteiger partial charge in [0.2, 0.25) is 17.6 Å². The fraction of sp³-hybridized carbons (Fsp3) is 0.600. The average molecular weight is 680 g/mol. The van der Waals surface area contributed by atoms with E-state index in [-0.39, 0.29) is 36.6 Å². The molecule has 0 radical (unpaired) electrons. The Morgan fingerprint density at radius 1 is 0.980 bits per heavy atom. The molecular weight excluding hydrogens is 630 g/mol. The maximum atomic E-state index is 14.3. The van der Waals surface area contributed by atoms with Gasteiger partial charge in [-0.05, 0) is 35.7 Å². The van der Waals surface area contributed by atoms with E-state index in [1.165, 1.54) is 23.4 Å². The minimum Gasteiger partial charge on any atom is -0.363 e. The highest BCUT2D eigenvalue weighted by Crippen LogP contribution is 2.33. The molecule has 14 heteroatoms. The molecule has 266 valence electrons. The Bertz CT molecular complexity index is 1490. The summed E-state index contributed by atoms with van der Waals surface area (Å²) in [6.07, 6.45) is 7.85. The van der Waals surface area contributed by atoms with Gasteiger partial charge in [-0.15, -0.1) is 6.58 Å². The highest BCUT2D eigenvalue weighted by atomic mass is 16.2. The Kier molecular flexibility index (Phi) is 11.0. The van der Waals surface area contributed by atoms with Crippen LogP contribution in [0.1, 0.15) is 94.4 Å². The quantitative estimate of drug-likeness (QED) is 0.146. The molecule has 0 bridgehead atoms. The highest BCUT2D eigenvalue weighted by Gasteiger charge is 2.47. The Morgan fingerprint density at radius 3 is 2.16 bits per heavy atom. The number of pyridine rings is 1. The second kappa shape index (κ2) is 14.5. The van der Waals surface area contributed by atoms with Crippen molar-refractivity contribution in [2.24, 2.45) is 28.4 Å². The standard InChI is InChI=1S/C35H49N7O7/c1-8-20-13-15-41(25(20)29(45)38-23(26(43)28(36)44)16-19-10-9-11-19)32(48)27(35(5,6)7)40-33(49)39-24(34(2,3)4)18-42-30(46)21-12-14-37-17-22(21)31(42)47/h8,12,14,17,19-20,23-25,27H,1,9-11,13,15-16,18H2,2-7H3,(H2,36,44)(H,38,45)(H2,39,40,49)/t20-,23?,24+,25-,27+/m0/s1. The van der Waals surface area contributed by atoms with Crippen LogP contribution in [0.5, 0.6) is 0 Å². The third-order valence-corrected chi connectivity index (χ3v) is 9.85. The van der Waals surface area contributed by atoms with Crippen molar-refractivity contribution in [2.45, 2.75) is 97.8 Å². The number of hydrogen-bond donors (Lipinski definition) is 4. The van der Waals surface area contributed by atoms with Gasteiger partial charge in [0.25, 0.3) is 17.7 Å². The number of hydrogen-bond acceptors (Lipinski definition) is 8. The van der Waals surface area contributed by atoms with Crippen molar-refractivity contribution in [1.82, 2.24) is 30.7 Å². The van der Waals surface area contributed by atoms with Gasteiger partial charge in [0.15, 0.2) is 0 Å². The van der Waals surface area contributed by atoms with Crippen LogP contribution in [0.25, 0.3) is 0 Å². The van der Waals surface area contributed by atoms with E-state index in [1.807, 2.05) is 20.8 Å². The second-order valence-electron chi connectivity index (χ2n) is 15.5. The molecule has 1 aromatic rings. The molecule has 5 N–H and O–H groups in total. The molecule has 3 aliphatic rings. The molecule has 1 saturated heterocycles. The number of primary amides is 1. The van der Waals surface area contributed by atoms with E-state index in [0.717, 1.165) is 24.2 Å². The number of carbonyl (C=O) groups is 7. The van der Waals surface area contributed by atoms with Crippen LogP contribution in [0.3, 0.4) is 0 Å². The molecule has 49 heavy (non-hydrogen) atoms. The molecule has 1 unspecified atom stereocenters. The Labute approximate surface area is 287 Å². The summed E-state index contributed by atoms with van der Waals surface area (Å²) in [7, 11) is 0. The second-order valence-corrected chi connectivity index (χ2v) is 15.5. The van der Waals surface area contributed by atoms with Crippen molar-refractivity contribution < 1.29 is 33.6 Å². The number of imide groups is 1. The monoisotopic (exact) mass is 679 g/mol. The average Bonchev–Trinajstić information content (AvgIpc) is 3.54. The minimum absolute atomic E-state index is 0.112. The van der Waals surface area contributed by atoms with Crippen LogP contribution in [-0.2, 0) is 19.2 Å². The lowest BCUT2D eigenvalue weighted by molar-refractivity contribution is -0.144. The first-order valence-electron chi connectivity index (χ1n) is 16.8. The lowest BCUT2D eigenvalue weighted by Gasteiger charge is -2.38. The molecule has 1 saturated carbocycles. The molecular formula is C35H49N7O7. The molecule has 0 spiro atoms. The van der Waals surface area contributed by atoms with Crippen LogP contribution < -0.4 is 21.7 Å². The molecule has 7 amide bonds. The maximum absolute atomic E-state index is 14.3. The number of rotatable bonds is 12. The van der Waals surface area contributed by atoms with Gasteiger partial charge in [0.05, 0.1) is 29.8 Å². The summed E-state index contributed by atoms with van der Waals surface area (Å²) in [4.78, 5) is 98.7. The van der Waals surface area contributed by atoms with Crippen molar-refractivity contribution in [3.8, 4) is 0 Å². The Morgan fingerprint density at radius 2 is 1.63 bits per heavy atom. The molecule has 4 rings (SSSR count). The van der Waals surface area contributed by atoms with Gasteiger partial charge in [0.1, 0.15) is 12.1 Å². The number of carbonyl (C=O) groups excluding carboxylic acids is 7. The van der Waals surface area contributed by atoms with Crippen molar-refractivity contribution in [3.63, 3.8) is 0 Å². The number of likely N-dealkylation sites (tertiary alicyclic amines) is 1. The molecule has 1 aliphatic carbocycles. The van der Waals surface area contributed by atoms with Crippen molar-refractivity contribution in [1.29, 1.82) is 0 Å². The first-order valence-corrected chi connectivity index (χ1v) is 16.8. The third-order valence-electron chi connectivity index (χ3n) is 9.85. The molecule has 0 aromatic carbocycles. The lowest BCUT2D eigenvalue weighted by Crippen LogP contribution is -2.62. The van der Waals surface area contributed by atoms with Crippen LogP contribution in [0.15, 0.2) is 31.1 Å². The van der Waals surface area contributed by atoms with E-state index < -0.39 is 82.3 Å². The summed E-state index contributed by atoms with van der Waals surface area (Å²) in [5.41, 5.74) is 4.31. The predicted molar refractivity (Wildman–Crippen MR) is 180 cm³/mol. The zero-order valence-corrected chi connectivity index (χ0v) is 29.2. The van der Waals surface area contributed by atoms with Crippen LogP contribution in [0.2, 0.25) is 0 Å². The first-order chi connectivity index (χ1) is 22.8. The number of nitrogens with two attached hydrogens (primary N) is 1. The van der Waals surface area contributed by atoms with Crippen LogP contribution in [0, 0.1) is 22.7 Å². The topological polar surface area (TPSA) is 201 Å². The van der Waals surface area contributed by atoms with Gasteiger partial charge >= 0.3 is 6.03 Å². The van der Waals surface area contributed by atoms with Gasteiger partial charge in [0, 0.05) is 24.9 Å². The van der Waals surface area contributed by atoms with Crippen LogP contribution in [0.4, 0.5) is 4.79 Å². The summed E-state index contributed by atoms with van der Waals surface area (Å²) in [5.74, 6) is -4.38. The number of nitrogens with one attached hydrogen (secondary N) is 3. The van der Waals surface area contributed by atoms with Gasteiger partial charge in [-0.25, -0.2) is 4.79 Å². The molecule has 2 aliphatic heterocycles. The van der Waals surface area contributed by atoms with Gasteiger partial charge < -0.3 is 26.6 Å². The maximum Gasteiger partial charge on any atom is 0.315 e. The fourth-order valence-corrected chi connectivity index (χ4v) is 6.53. The predicted octanol–water partition coefficient (Wildman–Crippen LogP) is 1.94. The number of urea groups is 1. The van der Waals surface area contributed by atoms with Gasteiger partial charge in [-0.2, -0.15) is 0 Å². The number of fused-ring (bicyclic) bond motifs is 1. The van der Waals surface area contributed by atoms with E-state index in [0.29, 0.717) is 6.42 Å². The van der Waals surface area contributed by atoms with E-state index in [2.05, 4.69) is 27.5 Å². The number of amides is 7. The summed E-state index contributed by atoms with van der Waals surface area (Å²) in [6.45, 7) is 14.8. The normalized spacial score (nSPS) is 21.3. The zero-order valence-electron chi connectivity index (χ0n) is 29.2. The summed E-state index contributed by atoms with van der Waals surface area (Å²) >= 11 is 0. The Balaban J connectivity index is 1.51. The molecule has 14 nitrogen and oxygen atoms in total. The SMILES string of the molecule is C=C[C@H]1CCN(C(=O)[C@@H](NC(=O)N[C@H](CN2C(=O)c3ccncc3C2=O)C(C)(C)C)C(C)(C)C)[C@@H]1C(=O)NC(CC1CCC1)C(=O)C(N)=O. The smallest absolute Gasteiger partial charge is 0.315 e. The van der Waals surface area contributed by atoms with E-state index in [9.17, 15) is 33.6 Å². The van der Waals surface area contributed by atoms with Crippen molar-refractivity contribution in [3.05, 3.63) is 42.2 Å². The largest absolute Gasteiger partial charge is 0.363 e. The molecule has 5 atom stereocenters.